The SMILES string of the molecule is CC(C)C[C@H](NC(=O)OCc1ccccc1)C(=O)NNC(=O)NNC(=O)c1ccc(-c2ccccc2)cc1. The molecule has 198 valence electrons. The van der Waals surface area contributed by atoms with Crippen molar-refractivity contribution in [3.63, 3.8) is 0 Å². The van der Waals surface area contributed by atoms with Crippen molar-refractivity contribution in [1.29, 1.82) is 0 Å². The molecule has 3 aromatic rings. The smallest absolute Gasteiger partial charge is 0.408 e. The first kappa shape index (κ1) is 27.7. The lowest BCUT2D eigenvalue weighted by atomic mass is 10.0. The van der Waals surface area contributed by atoms with E-state index < -0.39 is 30.0 Å². The van der Waals surface area contributed by atoms with Crippen LogP contribution in [0.2, 0.25) is 0 Å². The van der Waals surface area contributed by atoms with Gasteiger partial charge in [0.25, 0.3) is 11.8 Å². The van der Waals surface area contributed by atoms with Gasteiger partial charge in [0.1, 0.15) is 12.6 Å². The van der Waals surface area contributed by atoms with Crippen LogP contribution in [0, 0.1) is 5.92 Å². The van der Waals surface area contributed by atoms with Crippen LogP contribution in [0.3, 0.4) is 0 Å². The van der Waals surface area contributed by atoms with E-state index >= 15 is 0 Å². The van der Waals surface area contributed by atoms with E-state index in [1.807, 2.05) is 74.5 Å². The second-order valence-electron chi connectivity index (χ2n) is 8.85. The number of nitrogens with one attached hydrogen (secondary N) is 5. The van der Waals surface area contributed by atoms with Crippen molar-refractivity contribution >= 4 is 23.9 Å². The van der Waals surface area contributed by atoms with E-state index in [9.17, 15) is 19.2 Å². The fraction of sp³-hybridized carbons (Fsp3) is 0.214. The van der Waals surface area contributed by atoms with Gasteiger partial charge in [-0.2, -0.15) is 0 Å². The lowest BCUT2D eigenvalue weighted by molar-refractivity contribution is -0.124. The zero-order chi connectivity index (χ0) is 27.3. The molecule has 0 aliphatic rings. The third kappa shape index (κ3) is 8.98. The van der Waals surface area contributed by atoms with Crippen LogP contribution < -0.4 is 27.0 Å². The highest BCUT2D eigenvalue weighted by Crippen LogP contribution is 2.19. The molecule has 3 rings (SSSR count). The summed E-state index contributed by atoms with van der Waals surface area (Å²) in [7, 11) is 0. The molecule has 0 radical (unpaired) electrons. The minimum Gasteiger partial charge on any atom is -0.445 e. The fourth-order valence-electron chi connectivity index (χ4n) is 3.48. The van der Waals surface area contributed by atoms with Crippen LogP contribution in [0.5, 0.6) is 0 Å². The minimum absolute atomic E-state index is 0.0536. The maximum atomic E-state index is 12.6. The van der Waals surface area contributed by atoms with E-state index in [1.54, 1.807) is 24.3 Å². The Bertz CT molecular complexity index is 1220. The predicted molar refractivity (Wildman–Crippen MR) is 142 cm³/mol. The summed E-state index contributed by atoms with van der Waals surface area (Å²) >= 11 is 0. The summed E-state index contributed by atoms with van der Waals surface area (Å²) in [6.45, 7) is 3.83. The number of rotatable bonds is 8. The third-order valence-electron chi connectivity index (χ3n) is 5.37. The fourth-order valence-corrected chi connectivity index (χ4v) is 3.48. The van der Waals surface area contributed by atoms with Gasteiger partial charge in [-0.3, -0.25) is 20.4 Å². The van der Waals surface area contributed by atoms with Crippen molar-refractivity contribution in [3.8, 4) is 11.1 Å². The van der Waals surface area contributed by atoms with Crippen LogP contribution in [0.25, 0.3) is 11.1 Å². The van der Waals surface area contributed by atoms with Crippen LogP contribution in [0.1, 0.15) is 36.2 Å². The van der Waals surface area contributed by atoms with Gasteiger partial charge in [0.15, 0.2) is 0 Å². The number of carbonyl (C=O) groups excluding carboxylic acids is 4. The van der Waals surface area contributed by atoms with Gasteiger partial charge < -0.3 is 10.1 Å². The van der Waals surface area contributed by atoms with Crippen molar-refractivity contribution < 1.29 is 23.9 Å². The molecule has 0 aliphatic carbocycles. The first-order valence-electron chi connectivity index (χ1n) is 12.1. The number of carbonyl (C=O) groups is 4. The highest BCUT2D eigenvalue weighted by atomic mass is 16.5. The average Bonchev–Trinajstić information content (AvgIpc) is 2.94. The van der Waals surface area contributed by atoms with Crippen molar-refractivity contribution in [1.82, 2.24) is 27.0 Å². The van der Waals surface area contributed by atoms with E-state index in [0.717, 1.165) is 16.7 Å². The normalized spacial score (nSPS) is 11.1. The molecule has 3 aromatic carbocycles. The molecule has 0 spiro atoms. The Kier molecular flexibility index (Phi) is 10.2. The van der Waals surface area contributed by atoms with Gasteiger partial charge >= 0.3 is 12.1 Å². The number of alkyl carbamates (subject to hydrolysis) is 1. The summed E-state index contributed by atoms with van der Waals surface area (Å²) in [5, 5.41) is 2.52. The summed E-state index contributed by atoms with van der Waals surface area (Å²) in [6, 6.07) is 23.9. The first-order valence-corrected chi connectivity index (χ1v) is 12.1. The number of hydrogen-bond acceptors (Lipinski definition) is 5. The molecule has 10 nitrogen and oxygen atoms in total. The highest BCUT2D eigenvalue weighted by Gasteiger charge is 2.23. The van der Waals surface area contributed by atoms with Crippen LogP contribution in [-0.2, 0) is 16.1 Å². The molecule has 0 unspecified atom stereocenters. The van der Waals surface area contributed by atoms with Gasteiger partial charge in [-0.05, 0) is 41.2 Å². The molecule has 5 N–H and O–H groups in total. The Labute approximate surface area is 221 Å². The van der Waals surface area contributed by atoms with Gasteiger partial charge in [-0.1, -0.05) is 86.6 Å². The quantitative estimate of drug-likeness (QED) is 0.290. The Morgan fingerprint density at radius 1 is 0.711 bits per heavy atom. The molecule has 0 aliphatic heterocycles. The van der Waals surface area contributed by atoms with Gasteiger partial charge in [0, 0.05) is 5.56 Å². The molecule has 10 heteroatoms. The van der Waals surface area contributed by atoms with Gasteiger partial charge in [0.2, 0.25) is 0 Å². The molecule has 0 saturated heterocycles. The molecule has 0 fully saturated rings. The number of urea groups is 1. The molecule has 1 atom stereocenters. The summed E-state index contributed by atoms with van der Waals surface area (Å²) in [5.41, 5.74) is 11.9. The first-order chi connectivity index (χ1) is 18.3. The Hall–Kier alpha value is -4.86. The average molecular weight is 518 g/mol. The minimum atomic E-state index is -0.948. The predicted octanol–water partition coefficient (Wildman–Crippen LogP) is 3.67. The Morgan fingerprint density at radius 2 is 1.29 bits per heavy atom. The largest absolute Gasteiger partial charge is 0.445 e. The Morgan fingerprint density at radius 3 is 1.92 bits per heavy atom. The summed E-state index contributed by atoms with van der Waals surface area (Å²) in [4.78, 5) is 49.2. The standard InChI is InChI=1S/C28H31N5O5/c1-19(2)17-24(29-28(37)38-18-20-9-5-3-6-10-20)26(35)31-33-27(36)32-30-25(34)23-15-13-22(14-16-23)21-11-7-4-8-12-21/h3-16,19,24H,17-18H2,1-2H3,(H,29,37)(H,30,34)(H,31,35)(H2,32,33,36)/t24-/m0/s1. The number of hydrazine groups is 2. The zero-order valence-electron chi connectivity index (χ0n) is 21.2. The molecule has 5 amide bonds. The second kappa shape index (κ2) is 14.0. The molecular formula is C28H31N5O5. The maximum absolute atomic E-state index is 12.6. The van der Waals surface area contributed by atoms with E-state index in [0.29, 0.717) is 12.0 Å². The highest BCUT2D eigenvalue weighted by molar-refractivity contribution is 5.96. The van der Waals surface area contributed by atoms with Crippen LogP contribution in [-0.4, -0.2) is 30.0 Å². The van der Waals surface area contributed by atoms with Crippen molar-refractivity contribution in [2.75, 3.05) is 0 Å². The number of hydrogen-bond donors (Lipinski definition) is 5. The van der Waals surface area contributed by atoms with Crippen molar-refractivity contribution in [2.24, 2.45) is 5.92 Å². The Balaban J connectivity index is 1.43. The lowest BCUT2D eigenvalue weighted by Gasteiger charge is -2.20. The van der Waals surface area contributed by atoms with Gasteiger partial charge in [-0.15, -0.1) is 0 Å². The second-order valence-corrected chi connectivity index (χ2v) is 8.85. The summed E-state index contributed by atoms with van der Waals surface area (Å²) < 4.78 is 5.18. The molecule has 38 heavy (non-hydrogen) atoms. The number of amides is 5. The van der Waals surface area contributed by atoms with Gasteiger partial charge in [-0.25, -0.2) is 20.4 Å². The van der Waals surface area contributed by atoms with E-state index in [-0.39, 0.29) is 12.5 Å². The summed E-state index contributed by atoms with van der Waals surface area (Å²) in [6.07, 6.45) is -0.449. The third-order valence-corrected chi connectivity index (χ3v) is 5.37. The monoisotopic (exact) mass is 517 g/mol. The summed E-state index contributed by atoms with van der Waals surface area (Å²) in [5.74, 6) is -1.11. The molecule has 0 heterocycles. The molecule has 0 saturated carbocycles. The van der Waals surface area contributed by atoms with E-state index in [2.05, 4.69) is 27.0 Å². The van der Waals surface area contributed by atoms with Crippen molar-refractivity contribution in [2.45, 2.75) is 32.9 Å². The van der Waals surface area contributed by atoms with Crippen LogP contribution >= 0.6 is 0 Å². The number of benzene rings is 3. The topological polar surface area (TPSA) is 138 Å². The van der Waals surface area contributed by atoms with Crippen molar-refractivity contribution in [3.05, 3.63) is 96.1 Å². The number of ether oxygens (including phenoxy) is 1. The van der Waals surface area contributed by atoms with Crippen LogP contribution in [0.4, 0.5) is 9.59 Å². The van der Waals surface area contributed by atoms with Gasteiger partial charge in [0.05, 0.1) is 0 Å². The lowest BCUT2D eigenvalue weighted by Crippen LogP contribution is -2.56. The maximum Gasteiger partial charge on any atom is 0.408 e. The molecular weight excluding hydrogens is 486 g/mol. The van der Waals surface area contributed by atoms with Crippen LogP contribution in [0.15, 0.2) is 84.9 Å². The molecule has 0 aromatic heterocycles. The van der Waals surface area contributed by atoms with E-state index in [1.165, 1.54) is 0 Å². The van der Waals surface area contributed by atoms with E-state index in [4.69, 9.17) is 4.74 Å². The zero-order valence-corrected chi connectivity index (χ0v) is 21.2. The molecule has 0 bridgehead atoms.